The van der Waals surface area contributed by atoms with E-state index in [-0.39, 0.29) is 24.1 Å². The number of esters is 1. The lowest BCUT2D eigenvalue weighted by Crippen LogP contribution is -2.42. The van der Waals surface area contributed by atoms with Crippen molar-refractivity contribution >= 4 is 28.6 Å². The van der Waals surface area contributed by atoms with Gasteiger partial charge in [0.15, 0.2) is 0 Å². The van der Waals surface area contributed by atoms with Crippen LogP contribution in [0.25, 0.3) is 10.9 Å². The van der Waals surface area contributed by atoms with E-state index in [9.17, 15) is 14.4 Å². The Labute approximate surface area is 134 Å². The minimum atomic E-state index is -0.804. The van der Waals surface area contributed by atoms with Crippen LogP contribution in [0.3, 0.4) is 0 Å². The number of nitrogens with zero attached hydrogens (tertiary/aromatic N) is 1. The van der Waals surface area contributed by atoms with E-state index in [1.54, 1.807) is 4.57 Å². The van der Waals surface area contributed by atoms with Crippen molar-refractivity contribution in [2.24, 2.45) is 0 Å². The molecule has 0 radical (unpaired) electrons. The average molecular weight is 313 g/mol. The average Bonchev–Trinajstić information content (AvgIpc) is 2.94. The van der Waals surface area contributed by atoms with Crippen LogP contribution in [0.4, 0.5) is 0 Å². The smallest absolute Gasteiger partial charge is 0.305 e. The topological polar surface area (TPSA) is 65.4 Å². The molecule has 2 heterocycles. The summed E-state index contributed by atoms with van der Waals surface area (Å²) in [6, 6.07) is 9.50. The number of Topliss-reactive ketones (excluding diaryl/α,β-unsaturated/α-hetero) is 1. The summed E-state index contributed by atoms with van der Waals surface area (Å²) in [4.78, 5) is 36.5. The number of hydrogen-bond donors (Lipinski definition) is 0. The third-order valence-electron chi connectivity index (χ3n) is 4.87. The van der Waals surface area contributed by atoms with Gasteiger partial charge in [-0.05, 0) is 31.9 Å². The largest absolute Gasteiger partial charge is 0.469 e. The van der Waals surface area contributed by atoms with Crippen molar-refractivity contribution in [1.29, 1.82) is 0 Å². The molecule has 0 spiro atoms. The summed E-state index contributed by atoms with van der Waals surface area (Å²) in [6.07, 6.45) is 1.26. The highest BCUT2D eigenvalue weighted by Gasteiger charge is 2.44. The normalized spacial score (nSPS) is 20.3. The maximum Gasteiger partial charge on any atom is 0.305 e. The van der Waals surface area contributed by atoms with E-state index in [2.05, 4.69) is 0 Å². The molecule has 0 bridgehead atoms. The Bertz CT molecular complexity index is 804. The van der Waals surface area contributed by atoms with Crippen molar-refractivity contribution in [1.82, 2.24) is 4.57 Å². The molecule has 5 heteroatoms. The molecule has 1 aliphatic heterocycles. The summed E-state index contributed by atoms with van der Waals surface area (Å²) >= 11 is 0. The van der Waals surface area contributed by atoms with Crippen LogP contribution in [0.2, 0.25) is 0 Å². The Hall–Kier alpha value is -2.43. The first-order valence-electron chi connectivity index (χ1n) is 7.71. The van der Waals surface area contributed by atoms with Crippen LogP contribution in [0.15, 0.2) is 30.3 Å². The maximum absolute atomic E-state index is 12.5. The Morgan fingerprint density at radius 3 is 2.74 bits per heavy atom. The SMILES string of the molecule is COC(=O)CC[C@@]1(C(C)=O)CCC(=O)n2c1cc1ccccc12. The molecule has 0 N–H and O–H groups in total. The predicted molar refractivity (Wildman–Crippen MR) is 85.4 cm³/mol. The van der Waals surface area contributed by atoms with Crippen molar-refractivity contribution in [3.8, 4) is 0 Å². The highest BCUT2D eigenvalue weighted by Crippen LogP contribution is 2.42. The summed E-state index contributed by atoms with van der Waals surface area (Å²) in [5.74, 6) is -0.362. The number of carbonyl (C=O) groups is 3. The van der Waals surface area contributed by atoms with Gasteiger partial charge in [-0.1, -0.05) is 18.2 Å². The van der Waals surface area contributed by atoms with Gasteiger partial charge in [-0.3, -0.25) is 19.0 Å². The van der Waals surface area contributed by atoms with Crippen molar-refractivity contribution < 1.29 is 19.1 Å². The highest BCUT2D eigenvalue weighted by atomic mass is 16.5. The first-order chi connectivity index (χ1) is 11.0. The second kappa shape index (κ2) is 5.65. The summed E-state index contributed by atoms with van der Waals surface area (Å²) in [6.45, 7) is 1.54. The molecule has 120 valence electrons. The van der Waals surface area contributed by atoms with E-state index in [1.807, 2.05) is 30.3 Å². The molecular weight excluding hydrogens is 294 g/mol. The lowest BCUT2D eigenvalue weighted by Gasteiger charge is -2.35. The molecular formula is C18H19NO4. The number of hydrogen-bond acceptors (Lipinski definition) is 4. The monoisotopic (exact) mass is 313 g/mol. The molecule has 23 heavy (non-hydrogen) atoms. The van der Waals surface area contributed by atoms with Crippen molar-refractivity contribution in [2.45, 2.75) is 38.0 Å². The molecule has 0 saturated carbocycles. The number of aromatic nitrogens is 1. The second-order valence-electron chi connectivity index (χ2n) is 6.03. The van der Waals surface area contributed by atoms with Crippen LogP contribution in [-0.2, 0) is 19.7 Å². The standard InChI is InChI=1S/C18H19NO4/c1-12(20)18(10-8-17(22)23-2)9-7-16(21)19-14-6-4-3-5-13(14)11-15(18)19/h3-6,11H,7-10H2,1-2H3/t18-/m1/s1. The van der Waals surface area contributed by atoms with Crippen LogP contribution in [0, 0.1) is 0 Å². The summed E-state index contributed by atoms with van der Waals surface area (Å²) in [5.41, 5.74) is 0.712. The fraction of sp³-hybridized carbons (Fsp3) is 0.389. The molecule has 1 aliphatic rings. The Morgan fingerprint density at radius 2 is 2.04 bits per heavy atom. The molecule has 0 fully saturated rings. The van der Waals surface area contributed by atoms with E-state index in [0.717, 1.165) is 10.9 Å². The number of para-hydroxylation sites is 1. The Balaban J connectivity index is 2.16. The minimum absolute atomic E-state index is 0.00357. The van der Waals surface area contributed by atoms with E-state index < -0.39 is 5.41 Å². The van der Waals surface area contributed by atoms with Gasteiger partial charge >= 0.3 is 5.97 Å². The lowest BCUT2D eigenvalue weighted by atomic mass is 9.71. The quantitative estimate of drug-likeness (QED) is 0.814. The molecule has 1 aromatic carbocycles. The number of fused-ring (bicyclic) bond motifs is 3. The van der Waals surface area contributed by atoms with Gasteiger partial charge in [-0.15, -0.1) is 0 Å². The zero-order chi connectivity index (χ0) is 16.6. The van der Waals surface area contributed by atoms with E-state index in [1.165, 1.54) is 14.0 Å². The number of carbonyl (C=O) groups excluding carboxylic acids is 3. The van der Waals surface area contributed by atoms with Crippen molar-refractivity contribution in [3.05, 3.63) is 36.0 Å². The first kappa shape index (κ1) is 15.5. The number of ketones is 1. The van der Waals surface area contributed by atoms with Gasteiger partial charge < -0.3 is 4.74 Å². The third kappa shape index (κ3) is 2.36. The van der Waals surface area contributed by atoms with E-state index >= 15 is 0 Å². The molecule has 0 unspecified atom stereocenters. The van der Waals surface area contributed by atoms with Crippen LogP contribution in [-0.4, -0.2) is 29.3 Å². The van der Waals surface area contributed by atoms with Gasteiger partial charge in [-0.25, -0.2) is 0 Å². The van der Waals surface area contributed by atoms with Crippen molar-refractivity contribution in [3.63, 3.8) is 0 Å². The fourth-order valence-corrected chi connectivity index (χ4v) is 3.54. The third-order valence-corrected chi connectivity index (χ3v) is 4.87. The second-order valence-corrected chi connectivity index (χ2v) is 6.03. The highest BCUT2D eigenvalue weighted by molar-refractivity contribution is 6.00. The molecule has 5 nitrogen and oxygen atoms in total. The van der Waals surface area contributed by atoms with Crippen molar-refractivity contribution in [2.75, 3.05) is 7.11 Å². The van der Waals surface area contributed by atoms with Crippen LogP contribution < -0.4 is 0 Å². The number of methoxy groups -OCH3 is 1. The predicted octanol–water partition coefficient (Wildman–Crippen LogP) is 2.86. The molecule has 0 amide bonds. The van der Waals surface area contributed by atoms with Gasteiger partial charge in [0.1, 0.15) is 5.78 Å². The van der Waals surface area contributed by atoms with Gasteiger partial charge in [0.25, 0.3) is 0 Å². The number of ether oxygens (including phenoxy) is 1. The molecule has 0 saturated heterocycles. The zero-order valence-corrected chi connectivity index (χ0v) is 13.3. The molecule has 1 atom stereocenters. The van der Waals surface area contributed by atoms with Crippen LogP contribution in [0.1, 0.15) is 43.1 Å². The van der Waals surface area contributed by atoms with Gasteiger partial charge in [0.2, 0.25) is 5.91 Å². The van der Waals surface area contributed by atoms with Gasteiger partial charge in [-0.2, -0.15) is 0 Å². The summed E-state index contributed by atoms with van der Waals surface area (Å²) < 4.78 is 6.36. The first-order valence-corrected chi connectivity index (χ1v) is 7.71. The number of rotatable bonds is 4. The van der Waals surface area contributed by atoms with Crippen LogP contribution in [0.5, 0.6) is 0 Å². The summed E-state index contributed by atoms with van der Waals surface area (Å²) in [5, 5.41) is 0.932. The molecule has 2 aromatic rings. The maximum atomic E-state index is 12.5. The molecule has 0 aliphatic carbocycles. The summed E-state index contributed by atoms with van der Waals surface area (Å²) in [7, 11) is 1.34. The van der Waals surface area contributed by atoms with Crippen LogP contribution >= 0.6 is 0 Å². The van der Waals surface area contributed by atoms with Gasteiger partial charge in [0.05, 0.1) is 18.0 Å². The lowest BCUT2D eigenvalue weighted by molar-refractivity contribution is -0.141. The number of benzene rings is 1. The van der Waals surface area contributed by atoms with E-state index in [0.29, 0.717) is 25.0 Å². The zero-order valence-electron chi connectivity index (χ0n) is 13.3. The molecule has 1 aromatic heterocycles. The van der Waals surface area contributed by atoms with E-state index in [4.69, 9.17) is 4.74 Å². The molecule has 3 rings (SSSR count). The van der Waals surface area contributed by atoms with Gasteiger partial charge in [0, 0.05) is 23.9 Å². The minimum Gasteiger partial charge on any atom is -0.469 e. The Morgan fingerprint density at radius 1 is 1.30 bits per heavy atom. The Kier molecular flexibility index (Phi) is 3.80. The fourth-order valence-electron chi connectivity index (χ4n) is 3.54.